The fourth-order valence-corrected chi connectivity index (χ4v) is 3.23. The summed E-state index contributed by atoms with van der Waals surface area (Å²) in [6.45, 7) is 6.02. The van der Waals surface area contributed by atoms with E-state index in [1.807, 2.05) is 62.4 Å². The van der Waals surface area contributed by atoms with Crippen LogP contribution in [0.5, 0.6) is 11.5 Å². The van der Waals surface area contributed by atoms with E-state index in [-0.39, 0.29) is 12.0 Å². The van der Waals surface area contributed by atoms with Crippen molar-refractivity contribution in [3.63, 3.8) is 0 Å². The predicted octanol–water partition coefficient (Wildman–Crippen LogP) is 5.17. The Labute approximate surface area is 187 Å². The van der Waals surface area contributed by atoms with Crippen molar-refractivity contribution in [1.82, 2.24) is 15.0 Å². The van der Waals surface area contributed by atoms with Gasteiger partial charge < -0.3 is 14.8 Å². The van der Waals surface area contributed by atoms with E-state index in [0.29, 0.717) is 16.8 Å². The fourth-order valence-electron chi connectivity index (χ4n) is 3.23. The van der Waals surface area contributed by atoms with Crippen molar-refractivity contribution in [2.24, 2.45) is 0 Å². The number of methoxy groups -OCH3 is 1. The fraction of sp³-hybridized carbons (Fsp3) is 0.240. The SMILES string of the molecule is CC[C@@H](C)Oc1ccc(C(=O)Nc2cc3nn(-c4ccc(OC)cc4)nc3cc2C)cc1. The van der Waals surface area contributed by atoms with Gasteiger partial charge >= 0.3 is 0 Å². The highest BCUT2D eigenvalue weighted by molar-refractivity contribution is 6.05. The molecule has 1 amide bonds. The van der Waals surface area contributed by atoms with Crippen LogP contribution in [0.1, 0.15) is 36.2 Å². The molecule has 0 aliphatic heterocycles. The van der Waals surface area contributed by atoms with Crippen LogP contribution in [0.3, 0.4) is 0 Å². The average Bonchev–Trinajstić information content (AvgIpc) is 3.22. The summed E-state index contributed by atoms with van der Waals surface area (Å²) in [7, 11) is 1.63. The summed E-state index contributed by atoms with van der Waals surface area (Å²) in [6, 6.07) is 18.4. The molecule has 1 aromatic heterocycles. The number of carbonyl (C=O) groups excluding carboxylic acids is 1. The van der Waals surface area contributed by atoms with Gasteiger partial charge in [0, 0.05) is 11.3 Å². The number of amides is 1. The molecule has 0 fully saturated rings. The monoisotopic (exact) mass is 430 g/mol. The minimum absolute atomic E-state index is 0.135. The van der Waals surface area contributed by atoms with E-state index in [1.54, 1.807) is 24.0 Å². The highest BCUT2D eigenvalue weighted by Crippen LogP contribution is 2.24. The van der Waals surface area contributed by atoms with Crippen molar-refractivity contribution in [3.05, 3.63) is 71.8 Å². The molecule has 0 unspecified atom stereocenters. The van der Waals surface area contributed by atoms with E-state index in [1.165, 1.54) is 0 Å². The lowest BCUT2D eigenvalue weighted by Crippen LogP contribution is -2.13. The number of anilines is 1. The van der Waals surface area contributed by atoms with Gasteiger partial charge in [-0.15, -0.1) is 10.2 Å². The zero-order valence-corrected chi connectivity index (χ0v) is 18.6. The molecular formula is C25H26N4O3. The summed E-state index contributed by atoms with van der Waals surface area (Å²) in [5.41, 5.74) is 4.43. The van der Waals surface area contributed by atoms with Crippen molar-refractivity contribution in [2.75, 3.05) is 12.4 Å². The Bertz CT molecular complexity index is 1230. The van der Waals surface area contributed by atoms with E-state index >= 15 is 0 Å². The normalized spacial score (nSPS) is 11.9. The molecule has 32 heavy (non-hydrogen) atoms. The summed E-state index contributed by atoms with van der Waals surface area (Å²) in [6.07, 6.45) is 1.06. The van der Waals surface area contributed by atoms with Gasteiger partial charge in [-0.1, -0.05) is 6.92 Å². The summed E-state index contributed by atoms with van der Waals surface area (Å²) in [5.74, 6) is 1.33. The zero-order valence-electron chi connectivity index (χ0n) is 18.6. The molecule has 0 bridgehead atoms. The summed E-state index contributed by atoms with van der Waals surface area (Å²) in [4.78, 5) is 14.3. The molecular weight excluding hydrogens is 404 g/mol. The molecule has 4 aromatic rings. The molecule has 164 valence electrons. The van der Waals surface area contributed by atoms with Crippen LogP contribution in [-0.2, 0) is 0 Å². The summed E-state index contributed by atoms with van der Waals surface area (Å²) >= 11 is 0. The van der Waals surface area contributed by atoms with Crippen LogP contribution in [-0.4, -0.2) is 34.1 Å². The molecule has 0 aliphatic rings. The number of fused-ring (bicyclic) bond motifs is 1. The van der Waals surface area contributed by atoms with E-state index in [0.717, 1.165) is 34.7 Å². The number of aromatic nitrogens is 3. The largest absolute Gasteiger partial charge is 0.497 e. The Kier molecular flexibility index (Phi) is 6.07. The van der Waals surface area contributed by atoms with Gasteiger partial charge in [-0.2, -0.15) is 4.80 Å². The molecule has 1 atom stereocenters. The van der Waals surface area contributed by atoms with Crippen molar-refractivity contribution in [3.8, 4) is 17.2 Å². The number of benzene rings is 3. The smallest absolute Gasteiger partial charge is 0.255 e. The number of nitrogens with one attached hydrogen (secondary N) is 1. The number of aryl methyl sites for hydroxylation is 1. The third kappa shape index (κ3) is 4.56. The van der Waals surface area contributed by atoms with E-state index < -0.39 is 0 Å². The first-order valence-corrected chi connectivity index (χ1v) is 10.6. The molecule has 0 spiro atoms. The van der Waals surface area contributed by atoms with Crippen LogP contribution in [0.4, 0.5) is 5.69 Å². The van der Waals surface area contributed by atoms with Gasteiger partial charge in [0.1, 0.15) is 22.5 Å². The van der Waals surface area contributed by atoms with Crippen molar-refractivity contribution < 1.29 is 14.3 Å². The molecule has 1 heterocycles. The topological polar surface area (TPSA) is 78.3 Å². The van der Waals surface area contributed by atoms with Gasteiger partial charge in [-0.05, 0) is 86.5 Å². The Morgan fingerprint density at radius 3 is 2.25 bits per heavy atom. The van der Waals surface area contributed by atoms with Crippen LogP contribution >= 0.6 is 0 Å². The third-order valence-electron chi connectivity index (χ3n) is 5.31. The number of hydrogen-bond acceptors (Lipinski definition) is 5. The van der Waals surface area contributed by atoms with Crippen molar-refractivity contribution in [2.45, 2.75) is 33.3 Å². The summed E-state index contributed by atoms with van der Waals surface area (Å²) < 4.78 is 11.0. The second kappa shape index (κ2) is 9.09. The van der Waals surface area contributed by atoms with Gasteiger partial charge in [0.25, 0.3) is 5.91 Å². The Morgan fingerprint density at radius 2 is 1.62 bits per heavy atom. The average molecular weight is 431 g/mol. The lowest BCUT2D eigenvalue weighted by Gasteiger charge is -2.13. The minimum atomic E-state index is -0.190. The van der Waals surface area contributed by atoms with Gasteiger partial charge in [-0.3, -0.25) is 4.79 Å². The van der Waals surface area contributed by atoms with Crippen LogP contribution in [0.25, 0.3) is 16.7 Å². The molecule has 3 aromatic carbocycles. The van der Waals surface area contributed by atoms with Crippen LogP contribution in [0.15, 0.2) is 60.7 Å². The first-order chi connectivity index (χ1) is 15.5. The standard InChI is InChI=1S/C25H26N4O3/c1-5-17(3)32-21-10-6-18(7-11-21)25(30)26-22-15-24-23(14-16(22)2)27-29(28-24)19-8-12-20(31-4)13-9-19/h6-15,17H,5H2,1-4H3,(H,26,30)/t17-/m1/s1. The number of nitrogens with zero attached hydrogens (tertiary/aromatic N) is 3. The highest BCUT2D eigenvalue weighted by atomic mass is 16.5. The van der Waals surface area contributed by atoms with Crippen molar-refractivity contribution >= 4 is 22.6 Å². The van der Waals surface area contributed by atoms with Gasteiger partial charge in [-0.25, -0.2) is 0 Å². The maximum Gasteiger partial charge on any atom is 0.255 e. The second-order valence-corrected chi connectivity index (χ2v) is 7.66. The molecule has 0 saturated carbocycles. The van der Waals surface area contributed by atoms with Gasteiger partial charge in [0.15, 0.2) is 0 Å². The molecule has 7 nitrogen and oxygen atoms in total. The van der Waals surface area contributed by atoms with E-state index in [4.69, 9.17) is 9.47 Å². The quantitative estimate of drug-likeness (QED) is 0.438. The zero-order chi connectivity index (χ0) is 22.7. The first kappa shape index (κ1) is 21.4. The van der Waals surface area contributed by atoms with Gasteiger partial charge in [0.05, 0.1) is 18.9 Å². The van der Waals surface area contributed by atoms with Crippen LogP contribution in [0.2, 0.25) is 0 Å². The maximum atomic E-state index is 12.8. The Balaban J connectivity index is 1.53. The Hall–Kier alpha value is -3.87. The van der Waals surface area contributed by atoms with E-state index in [2.05, 4.69) is 22.4 Å². The highest BCUT2D eigenvalue weighted by Gasteiger charge is 2.12. The molecule has 0 radical (unpaired) electrons. The Morgan fingerprint density at radius 1 is 1.00 bits per heavy atom. The second-order valence-electron chi connectivity index (χ2n) is 7.66. The summed E-state index contributed by atoms with van der Waals surface area (Å²) in [5, 5.41) is 12.1. The van der Waals surface area contributed by atoms with E-state index in [9.17, 15) is 4.79 Å². The lowest BCUT2D eigenvalue weighted by atomic mass is 10.1. The molecule has 0 saturated heterocycles. The van der Waals surface area contributed by atoms with Crippen LogP contribution < -0.4 is 14.8 Å². The number of carbonyl (C=O) groups is 1. The predicted molar refractivity (Wildman–Crippen MR) is 125 cm³/mol. The number of ether oxygens (including phenoxy) is 2. The lowest BCUT2D eigenvalue weighted by molar-refractivity contribution is 0.102. The van der Waals surface area contributed by atoms with Crippen molar-refractivity contribution in [1.29, 1.82) is 0 Å². The molecule has 7 heteroatoms. The number of hydrogen-bond donors (Lipinski definition) is 1. The molecule has 1 N–H and O–H groups in total. The molecule has 4 rings (SSSR count). The van der Waals surface area contributed by atoms with Gasteiger partial charge in [0.2, 0.25) is 0 Å². The van der Waals surface area contributed by atoms with Crippen LogP contribution in [0, 0.1) is 6.92 Å². The molecule has 0 aliphatic carbocycles. The third-order valence-corrected chi connectivity index (χ3v) is 5.31. The minimum Gasteiger partial charge on any atom is -0.497 e. The number of rotatable bonds is 7. The maximum absolute atomic E-state index is 12.8. The first-order valence-electron chi connectivity index (χ1n) is 10.6.